The Balaban J connectivity index is 1.84. The summed E-state index contributed by atoms with van der Waals surface area (Å²) in [6.45, 7) is 2.53. The van der Waals surface area contributed by atoms with E-state index in [9.17, 15) is 9.59 Å². The molecule has 3 heterocycles. The number of esters is 1. The summed E-state index contributed by atoms with van der Waals surface area (Å²) in [6, 6.07) is 6.63. The van der Waals surface area contributed by atoms with Crippen molar-refractivity contribution in [2.45, 2.75) is 0 Å². The molecule has 2 N–H and O–H groups in total. The number of benzene rings is 1. The Kier molecular flexibility index (Phi) is 4.59. The van der Waals surface area contributed by atoms with Crippen molar-refractivity contribution in [3.05, 3.63) is 45.4 Å². The number of ether oxygens (including phenoxy) is 2. The third-order valence-electron chi connectivity index (χ3n) is 4.52. The molecule has 2 aromatic heterocycles. The van der Waals surface area contributed by atoms with Crippen molar-refractivity contribution in [2.75, 3.05) is 44.0 Å². The first kappa shape index (κ1) is 17.6. The molecule has 4 rings (SSSR count). The highest BCUT2D eigenvalue weighted by molar-refractivity contribution is 7.17. The quantitative estimate of drug-likeness (QED) is 0.546. The van der Waals surface area contributed by atoms with Crippen molar-refractivity contribution in [2.24, 2.45) is 0 Å². The van der Waals surface area contributed by atoms with E-state index in [4.69, 9.17) is 19.6 Å². The lowest BCUT2D eigenvalue weighted by Gasteiger charge is -2.27. The molecule has 140 valence electrons. The number of hydrogen-bond acceptors (Lipinski definition) is 8. The van der Waals surface area contributed by atoms with Crippen molar-refractivity contribution in [1.82, 2.24) is 0 Å². The lowest BCUT2D eigenvalue weighted by Crippen LogP contribution is -2.36. The van der Waals surface area contributed by atoms with Gasteiger partial charge in [-0.25, -0.2) is 4.79 Å². The van der Waals surface area contributed by atoms with Crippen LogP contribution >= 0.6 is 11.3 Å². The van der Waals surface area contributed by atoms with Crippen LogP contribution in [0.3, 0.4) is 0 Å². The molecule has 0 amide bonds. The molecule has 3 aromatic rings. The molecule has 1 fully saturated rings. The Hall–Kier alpha value is -2.84. The van der Waals surface area contributed by atoms with E-state index in [0.29, 0.717) is 48.2 Å². The Morgan fingerprint density at radius 1 is 1.26 bits per heavy atom. The van der Waals surface area contributed by atoms with Crippen molar-refractivity contribution < 1.29 is 18.7 Å². The maximum Gasteiger partial charge on any atom is 0.339 e. The zero-order valence-corrected chi connectivity index (χ0v) is 15.5. The SMILES string of the molecule is COC(=O)c1cc(-c2csc3c(=O)cc(N4CCOCC4)oc23)ccc1N. The van der Waals surface area contributed by atoms with E-state index in [1.165, 1.54) is 24.5 Å². The highest BCUT2D eigenvalue weighted by Gasteiger charge is 2.20. The van der Waals surface area contributed by atoms with Gasteiger partial charge in [-0.1, -0.05) is 6.07 Å². The predicted octanol–water partition coefficient (Wildman–Crippen LogP) is 2.73. The second kappa shape index (κ2) is 7.05. The smallest absolute Gasteiger partial charge is 0.339 e. The molecule has 1 aliphatic rings. The van der Waals surface area contributed by atoms with Crippen molar-refractivity contribution >= 4 is 39.2 Å². The van der Waals surface area contributed by atoms with Crippen LogP contribution in [0.15, 0.2) is 38.9 Å². The molecule has 0 spiro atoms. The molecule has 0 bridgehead atoms. The van der Waals surface area contributed by atoms with Gasteiger partial charge in [0.2, 0.25) is 5.43 Å². The van der Waals surface area contributed by atoms with Gasteiger partial charge in [-0.3, -0.25) is 4.79 Å². The fourth-order valence-corrected chi connectivity index (χ4v) is 3.99. The van der Waals surface area contributed by atoms with Crippen LogP contribution in [0.1, 0.15) is 10.4 Å². The van der Waals surface area contributed by atoms with Crippen molar-refractivity contribution in [3.63, 3.8) is 0 Å². The van der Waals surface area contributed by atoms with Crippen molar-refractivity contribution in [3.8, 4) is 11.1 Å². The monoisotopic (exact) mass is 386 g/mol. The number of morpholine rings is 1. The number of rotatable bonds is 3. The molecule has 0 unspecified atom stereocenters. The van der Waals surface area contributed by atoms with E-state index in [-0.39, 0.29) is 11.0 Å². The third-order valence-corrected chi connectivity index (χ3v) is 5.50. The van der Waals surface area contributed by atoms with Crippen molar-refractivity contribution in [1.29, 1.82) is 0 Å². The average Bonchev–Trinajstić information content (AvgIpc) is 3.13. The molecule has 1 aliphatic heterocycles. The first-order chi connectivity index (χ1) is 13.1. The minimum Gasteiger partial charge on any atom is -0.465 e. The van der Waals surface area contributed by atoms with Gasteiger partial charge in [0.1, 0.15) is 4.70 Å². The van der Waals surface area contributed by atoms with Gasteiger partial charge in [-0.2, -0.15) is 0 Å². The molecule has 27 heavy (non-hydrogen) atoms. The van der Waals surface area contributed by atoms with Crippen LogP contribution in [-0.4, -0.2) is 39.4 Å². The first-order valence-electron chi connectivity index (χ1n) is 8.44. The standard InChI is InChI=1S/C19H18N2O5S/c1-24-19(23)12-8-11(2-3-14(12)20)13-10-27-18-15(22)9-16(26-17(13)18)21-4-6-25-7-5-21/h2-3,8-10H,4-7,20H2,1H3. The minimum absolute atomic E-state index is 0.0855. The number of fused-ring (bicyclic) bond motifs is 1. The predicted molar refractivity (Wildman–Crippen MR) is 105 cm³/mol. The average molecular weight is 386 g/mol. The Morgan fingerprint density at radius 2 is 2.04 bits per heavy atom. The summed E-state index contributed by atoms with van der Waals surface area (Å²) in [6.07, 6.45) is 0. The molecular formula is C19H18N2O5S. The molecular weight excluding hydrogens is 368 g/mol. The van der Waals surface area contributed by atoms with Crippen LogP contribution in [-0.2, 0) is 9.47 Å². The Bertz CT molecular complexity index is 1070. The second-order valence-electron chi connectivity index (χ2n) is 6.15. The van der Waals surface area contributed by atoms with Gasteiger partial charge in [-0.05, 0) is 17.7 Å². The summed E-state index contributed by atoms with van der Waals surface area (Å²) < 4.78 is 16.8. The maximum atomic E-state index is 12.6. The fraction of sp³-hybridized carbons (Fsp3) is 0.263. The number of carbonyl (C=O) groups is 1. The minimum atomic E-state index is -0.510. The van der Waals surface area contributed by atoms with Crippen LogP contribution in [0.5, 0.6) is 0 Å². The second-order valence-corrected chi connectivity index (χ2v) is 7.03. The summed E-state index contributed by atoms with van der Waals surface area (Å²) in [4.78, 5) is 26.5. The molecule has 1 saturated heterocycles. The zero-order chi connectivity index (χ0) is 19.0. The number of hydrogen-bond donors (Lipinski definition) is 1. The van der Waals surface area contributed by atoms with Crippen LogP contribution < -0.4 is 16.1 Å². The third kappa shape index (κ3) is 3.17. The van der Waals surface area contributed by atoms with E-state index in [1.807, 2.05) is 10.3 Å². The topological polar surface area (TPSA) is 95.0 Å². The van der Waals surface area contributed by atoms with Gasteiger partial charge in [0.05, 0.1) is 25.9 Å². The lowest BCUT2D eigenvalue weighted by atomic mass is 10.0. The molecule has 1 aromatic carbocycles. The van der Waals surface area contributed by atoms with Crippen LogP contribution in [0.25, 0.3) is 21.4 Å². The number of methoxy groups -OCH3 is 1. The van der Waals surface area contributed by atoms with Gasteiger partial charge in [0.15, 0.2) is 11.5 Å². The highest BCUT2D eigenvalue weighted by Crippen LogP contribution is 2.35. The molecule has 0 atom stereocenters. The number of thiophene rings is 1. The summed E-state index contributed by atoms with van der Waals surface area (Å²) in [7, 11) is 1.31. The molecule has 0 radical (unpaired) electrons. The zero-order valence-electron chi connectivity index (χ0n) is 14.7. The first-order valence-corrected chi connectivity index (χ1v) is 9.32. The van der Waals surface area contributed by atoms with Gasteiger partial charge >= 0.3 is 5.97 Å². The maximum absolute atomic E-state index is 12.6. The van der Waals surface area contributed by atoms with E-state index < -0.39 is 5.97 Å². The van der Waals surface area contributed by atoms with E-state index in [0.717, 1.165) is 11.1 Å². The fourth-order valence-electron chi connectivity index (χ4n) is 3.08. The van der Waals surface area contributed by atoms with E-state index in [1.54, 1.807) is 18.2 Å². The van der Waals surface area contributed by atoms with Crippen LogP contribution in [0.2, 0.25) is 0 Å². The molecule has 0 aliphatic carbocycles. The largest absolute Gasteiger partial charge is 0.465 e. The van der Waals surface area contributed by atoms with Crippen LogP contribution in [0, 0.1) is 0 Å². The molecule has 0 saturated carbocycles. The molecule has 8 heteroatoms. The number of carbonyl (C=O) groups excluding carboxylic acids is 1. The van der Waals surface area contributed by atoms with Crippen LogP contribution in [0.4, 0.5) is 11.6 Å². The normalized spacial score (nSPS) is 14.5. The summed E-state index contributed by atoms with van der Waals surface area (Å²) >= 11 is 1.32. The van der Waals surface area contributed by atoms with Gasteiger partial charge in [0, 0.05) is 35.8 Å². The van der Waals surface area contributed by atoms with Gasteiger partial charge in [0.25, 0.3) is 0 Å². The summed E-state index contributed by atoms with van der Waals surface area (Å²) in [5.41, 5.74) is 8.40. The number of nitrogens with zero attached hydrogens (tertiary/aromatic N) is 1. The van der Waals surface area contributed by atoms with E-state index >= 15 is 0 Å². The number of nitrogens with two attached hydrogens (primary N) is 1. The number of nitrogen functional groups attached to an aromatic ring is 1. The van der Waals surface area contributed by atoms with E-state index in [2.05, 4.69) is 0 Å². The summed E-state index contributed by atoms with van der Waals surface area (Å²) in [5.74, 6) is 0.0171. The Morgan fingerprint density at radius 3 is 2.78 bits per heavy atom. The highest BCUT2D eigenvalue weighted by atomic mass is 32.1. The van der Waals surface area contributed by atoms with Gasteiger partial charge < -0.3 is 24.5 Å². The number of anilines is 2. The lowest BCUT2D eigenvalue weighted by molar-refractivity contribution is 0.0602. The summed E-state index contributed by atoms with van der Waals surface area (Å²) in [5, 5.41) is 1.85. The molecule has 7 nitrogen and oxygen atoms in total. The van der Waals surface area contributed by atoms with Gasteiger partial charge in [-0.15, -0.1) is 11.3 Å². The Labute approximate surface area is 158 Å².